The van der Waals surface area contributed by atoms with E-state index in [1.807, 2.05) is 25.3 Å². The number of nitrogens with zero attached hydrogens (tertiary/aromatic N) is 3. The highest BCUT2D eigenvalue weighted by molar-refractivity contribution is 5.92. The fourth-order valence-electron chi connectivity index (χ4n) is 3.31. The summed E-state index contributed by atoms with van der Waals surface area (Å²) >= 11 is 0. The summed E-state index contributed by atoms with van der Waals surface area (Å²) in [4.78, 5) is 23.4. The van der Waals surface area contributed by atoms with Crippen molar-refractivity contribution in [1.82, 2.24) is 20.2 Å². The fourth-order valence-corrected chi connectivity index (χ4v) is 3.31. The van der Waals surface area contributed by atoms with Crippen LogP contribution >= 0.6 is 0 Å². The third-order valence-electron chi connectivity index (χ3n) is 4.69. The Bertz CT molecular complexity index is 713. The summed E-state index contributed by atoms with van der Waals surface area (Å²) in [6.45, 7) is 7.53. The summed E-state index contributed by atoms with van der Waals surface area (Å²) < 4.78 is 5.25. The number of piperidine rings is 1. The van der Waals surface area contributed by atoms with E-state index in [1.54, 1.807) is 6.26 Å². The average molecular weight is 342 g/mol. The molecule has 2 aromatic heterocycles. The lowest BCUT2D eigenvalue weighted by atomic mass is 9.97. The number of likely N-dealkylation sites (tertiary alicyclic amines) is 1. The first-order chi connectivity index (χ1) is 12.2. The van der Waals surface area contributed by atoms with Crippen LogP contribution in [0.3, 0.4) is 0 Å². The van der Waals surface area contributed by atoms with Gasteiger partial charge in [0.05, 0.1) is 12.0 Å². The van der Waals surface area contributed by atoms with Gasteiger partial charge in [-0.1, -0.05) is 6.92 Å². The highest BCUT2D eigenvalue weighted by Crippen LogP contribution is 2.18. The minimum Gasteiger partial charge on any atom is -0.459 e. The number of amides is 1. The van der Waals surface area contributed by atoms with E-state index < -0.39 is 0 Å². The van der Waals surface area contributed by atoms with Gasteiger partial charge in [0.25, 0.3) is 5.91 Å². The highest BCUT2D eigenvalue weighted by Gasteiger charge is 2.22. The molecule has 1 fully saturated rings. The number of hydrogen-bond acceptors (Lipinski definition) is 5. The van der Waals surface area contributed by atoms with Crippen LogP contribution in [-0.4, -0.2) is 40.4 Å². The summed E-state index contributed by atoms with van der Waals surface area (Å²) in [5.74, 6) is 1.65. The molecule has 6 nitrogen and oxygen atoms in total. The van der Waals surface area contributed by atoms with Gasteiger partial charge >= 0.3 is 0 Å². The van der Waals surface area contributed by atoms with Gasteiger partial charge < -0.3 is 9.73 Å². The quantitative estimate of drug-likeness (QED) is 0.874. The summed E-state index contributed by atoms with van der Waals surface area (Å²) in [6, 6.07) is 3.80. The maximum absolute atomic E-state index is 12.2. The van der Waals surface area contributed by atoms with Crippen LogP contribution < -0.4 is 5.32 Å². The average Bonchev–Trinajstić information content (AvgIpc) is 3.06. The van der Waals surface area contributed by atoms with Gasteiger partial charge in [0.15, 0.2) is 5.76 Å². The Morgan fingerprint density at radius 2 is 2.32 bits per heavy atom. The first kappa shape index (κ1) is 17.6. The number of aromatic nitrogens is 2. The fraction of sp³-hybridized carbons (Fsp3) is 0.526. The number of carbonyl (C=O) groups excluding carboxylic acids is 1. The van der Waals surface area contributed by atoms with E-state index in [-0.39, 0.29) is 5.91 Å². The van der Waals surface area contributed by atoms with Crippen LogP contribution in [0.4, 0.5) is 0 Å². The van der Waals surface area contributed by atoms with E-state index in [0.717, 1.165) is 56.0 Å². The second-order valence-electron chi connectivity index (χ2n) is 6.70. The topological polar surface area (TPSA) is 71.3 Å². The molecule has 0 unspecified atom stereocenters. The van der Waals surface area contributed by atoms with Gasteiger partial charge in [-0.15, -0.1) is 0 Å². The monoisotopic (exact) mass is 342 g/mol. The molecule has 1 amide bonds. The molecule has 1 aliphatic heterocycles. The molecule has 0 aliphatic carbocycles. The Balaban J connectivity index is 1.51. The van der Waals surface area contributed by atoms with Crippen molar-refractivity contribution in [2.75, 3.05) is 19.6 Å². The highest BCUT2D eigenvalue weighted by atomic mass is 16.3. The lowest BCUT2D eigenvalue weighted by Crippen LogP contribution is -2.40. The van der Waals surface area contributed by atoms with E-state index in [1.165, 1.54) is 0 Å². The summed E-state index contributed by atoms with van der Waals surface area (Å²) in [6.07, 6.45) is 6.53. The molecule has 2 aromatic rings. The Hall–Kier alpha value is -2.21. The standard InChI is InChI=1S/C19H26N4O2/c1-3-17-20-8-6-16(22-17)13-23-9-4-5-15(12-23)11-21-19(24)18-14(2)7-10-25-18/h6-8,10,15H,3-5,9,11-13H2,1-2H3,(H,21,24)/t15-/m0/s1. The number of hydrogen-bond donors (Lipinski definition) is 1. The predicted molar refractivity (Wildman–Crippen MR) is 95.2 cm³/mol. The van der Waals surface area contributed by atoms with Gasteiger partial charge in [-0.25, -0.2) is 9.97 Å². The number of aryl methyl sites for hydroxylation is 2. The van der Waals surface area contributed by atoms with Gasteiger partial charge in [-0.3, -0.25) is 9.69 Å². The van der Waals surface area contributed by atoms with Gasteiger partial charge in [-0.2, -0.15) is 0 Å². The summed E-state index contributed by atoms with van der Waals surface area (Å²) in [5.41, 5.74) is 1.95. The molecule has 134 valence electrons. The maximum atomic E-state index is 12.2. The van der Waals surface area contributed by atoms with Crippen LogP contribution in [0.25, 0.3) is 0 Å². The Morgan fingerprint density at radius 1 is 1.44 bits per heavy atom. The second kappa shape index (κ2) is 8.25. The van der Waals surface area contributed by atoms with Gasteiger partial charge in [0.1, 0.15) is 5.82 Å². The van der Waals surface area contributed by atoms with Crippen molar-refractivity contribution in [1.29, 1.82) is 0 Å². The summed E-state index contributed by atoms with van der Waals surface area (Å²) in [7, 11) is 0. The minimum atomic E-state index is -0.122. The Labute approximate surface area is 148 Å². The van der Waals surface area contributed by atoms with Crippen LogP contribution in [0.15, 0.2) is 29.0 Å². The number of nitrogens with one attached hydrogen (secondary N) is 1. The molecular weight excluding hydrogens is 316 g/mol. The van der Waals surface area contributed by atoms with Crippen LogP contribution in [0.2, 0.25) is 0 Å². The van der Waals surface area contributed by atoms with E-state index in [0.29, 0.717) is 18.2 Å². The molecule has 0 aromatic carbocycles. The largest absolute Gasteiger partial charge is 0.459 e. The van der Waals surface area contributed by atoms with E-state index >= 15 is 0 Å². The Kier molecular flexibility index (Phi) is 5.81. The molecule has 1 atom stereocenters. The third-order valence-corrected chi connectivity index (χ3v) is 4.69. The van der Waals surface area contributed by atoms with Gasteiger partial charge in [0.2, 0.25) is 0 Å². The molecule has 0 saturated carbocycles. The van der Waals surface area contributed by atoms with Gasteiger partial charge in [0, 0.05) is 37.8 Å². The zero-order chi connectivity index (χ0) is 17.6. The maximum Gasteiger partial charge on any atom is 0.287 e. The SMILES string of the molecule is CCc1nccc(CN2CCC[C@@H](CNC(=O)c3occc3C)C2)n1. The molecule has 6 heteroatoms. The van der Waals surface area contributed by atoms with Gasteiger partial charge in [-0.05, 0) is 44.4 Å². The molecule has 1 saturated heterocycles. The third kappa shape index (κ3) is 4.66. The van der Waals surface area contributed by atoms with E-state index in [4.69, 9.17) is 4.42 Å². The number of furan rings is 1. The molecular formula is C19H26N4O2. The van der Waals surface area contributed by atoms with Crippen molar-refractivity contribution in [2.24, 2.45) is 5.92 Å². The molecule has 0 bridgehead atoms. The number of carbonyl (C=O) groups is 1. The van der Waals surface area contributed by atoms with Crippen LogP contribution in [0.5, 0.6) is 0 Å². The van der Waals surface area contributed by atoms with Crippen molar-refractivity contribution in [3.8, 4) is 0 Å². The molecule has 1 N–H and O–H groups in total. The van der Waals surface area contributed by atoms with Crippen molar-refractivity contribution < 1.29 is 9.21 Å². The Morgan fingerprint density at radius 3 is 3.08 bits per heavy atom. The molecule has 3 heterocycles. The lowest BCUT2D eigenvalue weighted by molar-refractivity contribution is 0.0902. The predicted octanol–water partition coefficient (Wildman–Crippen LogP) is 2.58. The van der Waals surface area contributed by atoms with Crippen molar-refractivity contribution in [3.05, 3.63) is 47.4 Å². The first-order valence-electron chi connectivity index (χ1n) is 9.01. The molecule has 3 rings (SSSR count). The zero-order valence-corrected chi connectivity index (χ0v) is 15.0. The van der Waals surface area contributed by atoms with Crippen molar-refractivity contribution in [3.63, 3.8) is 0 Å². The van der Waals surface area contributed by atoms with E-state index in [2.05, 4.69) is 27.1 Å². The van der Waals surface area contributed by atoms with E-state index in [9.17, 15) is 4.79 Å². The lowest BCUT2D eigenvalue weighted by Gasteiger charge is -2.32. The smallest absolute Gasteiger partial charge is 0.287 e. The normalized spacial score (nSPS) is 18.2. The number of rotatable bonds is 6. The minimum absolute atomic E-state index is 0.122. The second-order valence-corrected chi connectivity index (χ2v) is 6.70. The van der Waals surface area contributed by atoms with Crippen molar-refractivity contribution >= 4 is 5.91 Å². The van der Waals surface area contributed by atoms with Crippen molar-refractivity contribution in [2.45, 2.75) is 39.7 Å². The zero-order valence-electron chi connectivity index (χ0n) is 15.0. The van der Waals surface area contributed by atoms with Crippen LogP contribution in [-0.2, 0) is 13.0 Å². The van der Waals surface area contributed by atoms with Crippen LogP contribution in [0.1, 0.15) is 47.4 Å². The summed E-state index contributed by atoms with van der Waals surface area (Å²) in [5, 5.41) is 3.01. The molecule has 0 radical (unpaired) electrons. The molecule has 0 spiro atoms. The first-order valence-corrected chi connectivity index (χ1v) is 9.01. The molecule has 25 heavy (non-hydrogen) atoms. The van der Waals surface area contributed by atoms with Crippen LogP contribution in [0, 0.1) is 12.8 Å². The molecule has 1 aliphatic rings.